The second-order valence-electron chi connectivity index (χ2n) is 3.43. The molecule has 0 amide bonds. The molecule has 5 heteroatoms. The molecule has 1 N–H and O–H groups in total. The number of hydrogen-bond donors (Lipinski definition) is 1. The second-order valence-corrected chi connectivity index (χ2v) is 4.49. The zero-order valence-electron chi connectivity index (χ0n) is 9.22. The number of imidazole rings is 1. The van der Waals surface area contributed by atoms with E-state index in [2.05, 4.69) is 10.3 Å². The molecule has 0 spiro atoms. The first kappa shape index (κ1) is 11.3. The third-order valence-corrected chi connectivity index (χ3v) is 3.23. The van der Waals surface area contributed by atoms with Crippen molar-refractivity contribution in [2.75, 3.05) is 12.3 Å². The van der Waals surface area contributed by atoms with Crippen LogP contribution in [0.5, 0.6) is 0 Å². The largest absolute Gasteiger partial charge is 0.468 e. The van der Waals surface area contributed by atoms with E-state index in [0.717, 1.165) is 29.8 Å². The lowest BCUT2D eigenvalue weighted by atomic mass is 10.4. The molecule has 0 radical (unpaired) electrons. The van der Waals surface area contributed by atoms with Crippen LogP contribution >= 0.6 is 11.8 Å². The fourth-order valence-electron chi connectivity index (χ4n) is 1.33. The lowest BCUT2D eigenvalue weighted by molar-refractivity contribution is 0.488. The summed E-state index contributed by atoms with van der Waals surface area (Å²) in [6, 6.07) is 3.87. The quantitative estimate of drug-likeness (QED) is 0.615. The minimum atomic E-state index is 0.786. The van der Waals surface area contributed by atoms with Gasteiger partial charge in [0.25, 0.3) is 0 Å². The predicted molar refractivity (Wildman–Crippen MR) is 64.3 cm³/mol. The molecule has 2 rings (SSSR count). The molecule has 86 valence electrons. The Kier molecular flexibility index (Phi) is 4.07. The van der Waals surface area contributed by atoms with E-state index in [4.69, 9.17) is 4.42 Å². The maximum Gasteiger partial charge on any atom is 0.167 e. The number of nitrogens with one attached hydrogen (secondary N) is 1. The minimum Gasteiger partial charge on any atom is -0.468 e. The van der Waals surface area contributed by atoms with Crippen molar-refractivity contribution in [3.05, 3.63) is 36.5 Å². The van der Waals surface area contributed by atoms with Crippen molar-refractivity contribution >= 4 is 11.8 Å². The lowest BCUT2D eigenvalue weighted by Gasteiger charge is -2.02. The average Bonchev–Trinajstić information content (AvgIpc) is 2.90. The van der Waals surface area contributed by atoms with Crippen LogP contribution in [0.25, 0.3) is 0 Å². The number of aryl methyl sites for hydroxylation is 1. The van der Waals surface area contributed by atoms with Crippen molar-refractivity contribution in [3.63, 3.8) is 0 Å². The van der Waals surface area contributed by atoms with Crippen molar-refractivity contribution in [1.82, 2.24) is 14.9 Å². The Morgan fingerprint density at radius 1 is 1.56 bits per heavy atom. The highest BCUT2D eigenvalue weighted by Gasteiger charge is 1.99. The number of hydrogen-bond acceptors (Lipinski definition) is 4. The molecule has 0 unspecified atom stereocenters. The summed E-state index contributed by atoms with van der Waals surface area (Å²) in [6.07, 6.45) is 5.47. The van der Waals surface area contributed by atoms with Crippen LogP contribution in [0, 0.1) is 0 Å². The Hall–Kier alpha value is -1.20. The molecular weight excluding hydrogens is 222 g/mol. The maximum atomic E-state index is 5.22. The molecule has 0 bridgehead atoms. The zero-order chi connectivity index (χ0) is 11.2. The molecule has 0 fully saturated rings. The average molecular weight is 237 g/mol. The number of rotatable bonds is 6. The number of furan rings is 1. The molecule has 0 aromatic carbocycles. The molecule has 0 saturated carbocycles. The molecule has 4 nitrogen and oxygen atoms in total. The summed E-state index contributed by atoms with van der Waals surface area (Å²) in [6.45, 7) is 1.73. The van der Waals surface area contributed by atoms with Crippen LogP contribution in [0.2, 0.25) is 0 Å². The second kappa shape index (κ2) is 5.77. The van der Waals surface area contributed by atoms with E-state index in [9.17, 15) is 0 Å². The van der Waals surface area contributed by atoms with Crippen LogP contribution in [0.4, 0.5) is 0 Å². The normalized spacial score (nSPS) is 10.8. The number of thioether (sulfide) groups is 1. The van der Waals surface area contributed by atoms with E-state index in [1.165, 1.54) is 0 Å². The summed E-state index contributed by atoms with van der Waals surface area (Å²) < 4.78 is 7.24. The molecule has 2 aromatic heterocycles. The maximum absolute atomic E-state index is 5.22. The highest BCUT2D eigenvalue weighted by Crippen LogP contribution is 2.13. The van der Waals surface area contributed by atoms with Crippen molar-refractivity contribution in [1.29, 1.82) is 0 Å². The van der Waals surface area contributed by atoms with Gasteiger partial charge in [-0.15, -0.1) is 0 Å². The lowest BCUT2D eigenvalue weighted by Crippen LogP contribution is -2.16. The molecule has 2 aromatic rings. The van der Waals surface area contributed by atoms with Crippen molar-refractivity contribution in [2.24, 2.45) is 7.05 Å². The highest BCUT2D eigenvalue weighted by molar-refractivity contribution is 7.99. The third kappa shape index (κ3) is 3.15. The zero-order valence-corrected chi connectivity index (χ0v) is 10.0. The molecule has 0 aliphatic rings. The summed E-state index contributed by atoms with van der Waals surface area (Å²) in [4.78, 5) is 4.24. The molecule has 16 heavy (non-hydrogen) atoms. The minimum absolute atomic E-state index is 0.786. The van der Waals surface area contributed by atoms with Crippen LogP contribution in [-0.4, -0.2) is 21.8 Å². The summed E-state index contributed by atoms with van der Waals surface area (Å²) >= 11 is 1.75. The van der Waals surface area contributed by atoms with Crippen molar-refractivity contribution < 1.29 is 4.42 Å². The summed E-state index contributed by atoms with van der Waals surface area (Å²) in [5, 5.41) is 4.37. The van der Waals surface area contributed by atoms with Gasteiger partial charge >= 0.3 is 0 Å². The van der Waals surface area contributed by atoms with Gasteiger partial charge in [0.15, 0.2) is 5.16 Å². The van der Waals surface area contributed by atoms with E-state index in [0.29, 0.717) is 0 Å². The summed E-state index contributed by atoms with van der Waals surface area (Å²) in [5.74, 6) is 1.98. The fourth-order valence-corrected chi connectivity index (χ4v) is 2.16. The standard InChI is InChI=1S/C11H15N3OS/c1-14-6-4-13-11(14)16-8-5-12-9-10-3-2-7-15-10/h2-4,6-7,12H,5,8-9H2,1H3. The SMILES string of the molecule is Cn1ccnc1SCCNCc1ccco1. The van der Waals surface area contributed by atoms with Gasteiger partial charge in [-0.05, 0) is 12.1 Å². The van der Waals surface area contributed by atoms with E-state index in [1.807, 2.05) is 36.1 Å². The number of aromatic nitrogens is 2. The molecule has 0 aliphatic heterocycles. The molecular formula is C11H15N3OS. The Labute approximate surface area is 99.1 Å². The predicted octanol–water partition coefficient (Wildman–Crippen LogP) is 1.89. The van der Waals surface area contributed by atoms with E-state index in [-0.39, 0.29) is 0 Å². The van der Waals surface area contributed by atoms with Crippen LogP contribution in [0.1, 0.15) is 5.76 Å². The molecule has 0 aliphatic carbocycles. The van der Waals surface area contributed by atoms with Crippen LogP contribution in [-0.2, 0) is 13.6 Å². The highest BCUT2D eigenvalue weighted by atomic mass is 32.2. The van der Waals surface area contributed by atoms with Gasteiger partial charge in [0.1, 0.15) is 5.76 Å². The van der Waals surface area contributed by atoms with E-state index >= 15 is 0 Å². The van der Waals surface area contributed by atoms with Gasteiger partial charge in [-0.3, -0.25) is 0 Å². The van der Waals surface area contributed by atoms with Crippen molar-refractivity contribution in [2.45, 2.75) is 11.7 Å². The van der Waals surface area contributed by atoms with Crippen LogP contribution in [0.3, 0.4) is 0 Å². The van der Waals surface area contributed by atoms with E-state index < -0.39 is 0 Å². The fraction of sp³-hybridized carbons (Fsp3) is 0.364. The summed E-state index contributed by atoms with van der Waals surface area (Å²) in [5.41, 5.74) is 0. The number of nitrogens with zero attached hydrogens (tertiary/aromatic N) is 2. The van der Waals surface area contributed by atoms with Gasteiger partial charge in [0.2, 0.25) is 0 Å². The molecule has 0 atom stereocenters. The van der Waals surface area contributed by atoms with Crippen molar-refractivity contribution in [3.8, 4) is 0 Å². The Morgan fingerprint density at radius 3 is 3.19 bits per heavy atom. The third-order valence-electron chi connectivity index (χ3n) is 2.17. The van der Waals surface area contributed by atoms with Crippen LogP contribution in [0.15, 0.2) is 40.4 Å². The van der Waals surface area contributed by atoms with Gasteiger partial charge in [-0.25, -0.2) is 4.98 Å². The Balaban J connectivity index is 1.61. The monoisotopic (exact) mass is 237 g/mol. The van der Waals surface area contributed by atoms with Gasteiger partial charge in [-0.2, -0.15) is 0 Å². The smallest absolute Gasteiger partial charge is 0.167 e. The van der Waals surface area contributed by atoms with Gasteiger partial charge in [0.05, 0.1) is 12.8 Å². The Bertz CT molecular complexity index is 411. The molecule has 2 heterocycles. The first-order chi connectivity index (χ1) is 7.86. The Morgan fingerprint density at radius 2 is 2.50 bits per heavy atom. The first-order valence-electron chi connectivity index (χ1n) is 5.19. The molecule has 0 saturated heterocycles. The van der Waals surface area contributed by atoms with E-state index in [1.54, 1.807) is 18.0 Å². The van der Waals surface area contributed by atoms with Gasteiger partial charge in [-0.1, -0.05) is 11.8 Å². The topological polar surface area (TPSA) is 43.0 Å². The van der Waals surface area contributed by atoms with Crippen LogP contribution < -0.4 is 5.32 Å². The first-order valence-corrected chi connectivity index (χ1v) is 6.18. The van der Waals surface area contributed by atoms with Gasteiger partial charge < -0.3 is 14.3 Å². The van der Waals surface area contributed by atoms with Gasteiger partial charge in [0, 0.05) is 31.7 Å². The summed E-state index contributed by atoms with van der Waals surface area (Å²) in [7, 11) is 2.01.